The number of nitrogens with one attached hydrogen (secondary N) is 6. The molecule has 1 heterocycles. The summed E-state index contributed by atoms with van der Waals surface area (Å²) in [6, 6.07) is 0.118. The molecule has 0 spiro atoms. The van der Waals surface area contributed by atoms with Crippen LogP contribution in [0.15, 0.2) is 24.5 Å². The molecule has 0 saturated carbocycles. The van der Waals surface area contributed by atoms with E-state index in [2.05, 4.69) is 36.9 Å². The first-order valence-corrected chi connectivity index (χ1v) is 17.9. The number of amides is 5. The topological polar surface area (TPSA) is 208 Å². The van der Waals surface area contributed by atoms with Crippen LogP contribution in [0.25, 0.3) is 0 Å². The van der Waals surface area contributed by atoms with Crippen LogP contribution in [0.4, 0.5) is 0 Å². The van der Waals surface area contributed by atoms with Crippen LogP contribution >= 0.6 is 0 Å². The minimum absolute atomic E-state index is 0.0246. The van der Waals surface area contributed by atoms with Crippen LogP contribution in [-0.2, 0) is 35.3 Å². The van der Waals surface area contributed by atoms with Crippen LogP contribution in [0.5, 0.6) is 0 Å². The fraction of sp³-hybridized carbons (Fsp3) is 0.694. The number of aromatic nitrogens is 1. The monoisotopic (exact) mass is 703 g/mol. The lowest BCUT2D eigenvalue weighted by molar-refractivity contribution is -0.137. The average Bonchev–Trinajstić information content (AvgIpc) is 3.06. The molecule has 6 atom stereocenters. The molecule has 1 aromatic heterocycles. The fourth-order valence-corrected chi connectivity index (χ4v) is 5.26. The van der Waals surface area contributed by atoms with Gasteiger partial charge in [0.2, 0.25) is 29.5 Å². The molecule has 0 aliphatic heterocycles. The second-order valence-corrected chi connectivity index (χ2v) is 13.8. The van der Waals surface area contributed by atoms with E-state index in [4.69, 9.17) is 5.11 Å². The molecule has 0 radical (unpaired) electrons. The van der Waals surface area contributed by atoms with Crippen molar-refractivity contribution < 1.29 is 33.9 Å². The van der Waals surface area contributed by atoms with Crippen molar-refractivity contribution in [3.63, 3.8) is 0 Å². The van der Waals surface area contributed by atoms with E-state index in [1.54, 1.807) is 25.4 Å². The lowest BCUT2D eigenvalue weighted by atomic mass is 9.97. The number of carbonyl (C=O) groups excluding carboxylic acids is 5. The predicted octanol–water partition coefficient (Wildman–Crippen LogP) is 2.42. The Hall–Kier alpha value is -4.07. The zero-order chi connectivity index (χ0) is 37.8. The quantitative estimate of drug-likeness (QED) is 0.0843. The Balaban J connectivity index is 2.88. The molecule has 7 N–H and O–H groups in total. The Morgan fingerprint density at radius 2 is 1.52 bits per heavy atom. The molecular weight excluding hydrogens is 642 g/mol. The van der Waals surface area contributed by atoms with Gasteiger partial charge in [0, 0.05) is 44.4 Å². The first kappa shape index (κ1) is 44.0. The maximum absolute atomic E-state index is 13.6. The second-order valence-electron chi connectivity index (χ2n) is 13.8. The summed E-state index contributed by atoms with van der Waals surface area (Å²) in [5.41, 5.74) is 0.843. The summed E-state index contributed by atoms with van der Waals surface area (Å²) in [7, 11) is 0. The average molecular weight is 704 g/mol. The molecule has 0 saturated heterocycles. The third kappa shape index (κ3) is 17.0. The first-order chi connectivity index (χ1) is 23.6. The van der Waals surface area contributed by atoms with Gasteiger partial charge in [0.05, 0.1) is 6.04 Å². The number of hydrogen-bond donors (Lipinski definition) is 7. The van der Waals surface area contributed by atoms with Crippen molar-refractivity contribution >= 4 is 35.5 Å². The largest absolute Gasteiger partial charge is 0.481 e. The van der Waals surface area contributed by atoms with Gasteiger partial charge < -0.3 is 37.0 Å². The van der Waals surface area contributed by atoms with Crippen molar-refractivity contribution in [1.82, 2.24) is 36.9 Å². The van der Waals surface area contributed by atoms with Gasteiger partial charge in [-0.2, -0.15) is 0 Å². The molecule has 1 rings (SSSR count). The van der Waals surface area contributed by atoms with Crippen LogP contribution in [0.3, 0.4) is 0 Å². The van der Waals surface area contributed by atoms with Crippen molar-refractivity contribution in [3.05, 3.63) is 30.1 Å². The maximum Gasteiger partial charge on any atom is 0.303 e. The third-order valence-corrected chi connectivity index (χ3v) is 8.42. The molecular formula is C36H61N7O7. The van der Waals surface area contributed by atoms with Gasteiger partial charge in [-0.1, -0.05) is 67.4 Å². The number of carboxylic acid groups (broad SMARTS) is 1. The fourth-order valence-electron chi connectivity index (χ4n) is 5.26. The van der Waals surface area contributed by atoms with Crippen molar-refractivity contribution in [3.8, 4) is 0 Å². The smallest absolute Gasteiger partial charge is 0.303 e. The number of hydrogen-bond acceptors (Lipinski definition) is 8. The Morgan fingerprint density at radius 3 is 2.08 bits per heavy atom. The molecule has 14 nitrogen and oxygen atoms in total. The van der Waals surface area contributed by atoms with Crippen LogP contribution in [0.1, 0.15) is 106 Å². The highest BCUT2D eigenvalue weighted by atomic mass is 16.4. The van der Waals surface area contributed by atoms with E-state index in [-0.39, 0.29) is 73.9 Å². The molecule has 0 fully saturated rings. The van der Waals surface area contributed by atoms with Gasteiger partial charge in [-0.15, -0.1) is 0 Å². The van der Waals surface area contributed by atoms with Crippen molar-refractivity contribution in [1.29, 1.82) is 0 Å². The highest BCUT2D eigenvalue weighted by Crippen LogP contribution is 2.12. The molecule has 14 heteroatoms. The molecule has 282 valence electrons. The van der Waals surface area contributed by atoms with Gasteiger partial charge in [-0.05, 0) is 55.6 Å². The number of pyridine rings is 1. The van der Waals surface area contributed by atoms with Crippen LogP contribution < -0.4 is 31.9 Å². The molecule has 5 amide bonds. The first-order valence-electron chi connectivity index (χ1n) is 17.9. The number of aliphatic carboxylic acids is 1. The standard InChI is InChI=1S/C36H61N7O7/c1-9-13-28(41-36(50)32(24(7)10-2)42-29(44)15-11-16-30(45)46)34(48)40-27(18-22(3)4)21-38-25(8)33(47)43-31(23(5)6)35(49)39-20-26-14-12-17-37-19-26/h12,14,17,19,22-25,27-28,31-32,38H,9-11,13,15-16,18,20-21H2,1-8H3,(H,39,49)(H,40,48)(H,41,50)(H,42,44)(H,43,47)(H,45,46)/t24-,25-,27-,28-,31-,32-/m0/s1. The van der Waals surface area contributed by atoms with Crippen molar-refractivity contribution in [2.24, 2.45) is 17.8 Å². The van der Waals surface area contributed by atoms with Crippen LogP contribution in [-0.4, -0.2) is 82.3 Å². The van der Waals surface area contributed by atoms with E-state index < -0.39 is 42.0 Å². The van der Waals surface area contributed by atoms with E-state index in [0.29, 0.717) is 25.7 Å². The van der Waals surface area contributed by atoms with E-state index in [1.807, 2.05) is 54.5 Å². The number of rotatable bonds is 24. The number of carbonyl (C=O) groups is 6. The Labute approximate surface area is 297 Å². The number of nitrogens with zero attached hydrogens (tertiary/aromatic N) is 1. The zero-order valence-electron chi connectivity index (χ0n) is 31.1. The normalized spacial score (nSPS) is 14.8. The minimum atomic E-state index is -0.997. The summed E-state index contributed by atoms with van der Waals surface area (Å²) in [6.07, 6.45) is 5.49. The molecule has 0 aromatic carbocycles. The van der Waals surface area contributed by atoms with Crippen LogP contribution in [0.2, 0.25) is 0 Å². The molecule has 0 unspecified atom stereocenters. The zero-order valence-corrected chi connectivity index (χ0v) is 31.1. The minimum Gasteiger partial charge on any atom is -0.481 e. The summed E-state index contributed by atoms with van der Waals surface area (Å²) < 4.78 is 0. The summed E-state index contributed by atoms with van der Waals surface area (Å²) in [6.45, 7) is 15.6. The van der Waals surface area contributed by atoms with E-state index >= 15 is 0 Å². The summed E-state index contributed by atoms with van der Waals surface area (Å²) >= 11 is 0. The van der Waals surface area contributed by atoms with Gasteiger partial charge in [-0.25, -0.2) is 0 Å². The van der Waals surface area contributed by atoms with Gasteiger partial charge in [-0.3, -0.25) is 33.8 Å². The Bertz CT molecular complexity index is 1230. The SMILES string of the molecule is CCC[C@H](NC(=O)[C@@H](NC(=O)CCCC(=O)O)[C@@H](C)CC)C(=O)N[C@H](CN[C@@H](C)C(=O)N[C@H](C(=O)NCc1cccnc1)C(C)C)CC(C)C. The van der Waals surface area contributed by atoms with Crippen molar-refractivity contribution in [2.75, 3.05) is 6.54 Å². The molecule has 0 aliphatic carbocycles. The van der Waals surface area contributed by atoms with Gasteiger partial charge >= 0.3 is 5.97 Å². The lowest BCUT2D eigenvalue weighted by Gasteiger charge is -2.29. The van der Waals surface area contributed by atoms with Gasteiger partial charge in [0.15, 0.2) is 0 Å². The predicted molar refractivity (Wildman–Crippen MR) is 191 cm³/mol. The number of carboxylic acids is 1. The summed E-state index contributed by atoms with van der Waals surface area (Å²) in [5, 5.41) is 26.4. The third-order valence-electron chi connectivity index (χ3n) is 8.42. The van der Waals surface area contributed by atoms with Crippen molar-refractivity contribution in [2.45, 2.75) is 137 Å². The molecule has 50 heavy (non-hydrogen) atoms. The molecule has 0 aliphatic rings. The van der Waals surface area contributed by atoms with Crippen LogP contribution in [0, 0.1) is 17.8 Å². The Morgan fingerprint density at radius 1 is 0.820 bits per heavy atom. The second kappa shape index (κ2) is 23.4. The maximum atomic E-state index is 13.6. The van der Waals surface area contributed by atoms with E-state index in [0.717, 1.165) is 5.56 Å². The molecule has 1 aromatic rings. The highest BCUT2D eigenvalue weighted by Gasteiger charge is 2.31. The van der Waals surface area contributed by atoms with E-state index in [9.17, 15) is 28.8 Å². The highest BCUT2D eigenvalue weighted by molar-refractivity contribution is 5.92. The summed E-state index contributed by atoms with van der Waals surface area (Å²) in [5.74, 6) is -3.10. The van der Waals surface area contributed by atoms with Gasteiger partial charge in [0.25, 0.3) is 0 Å². The summed E-state index contributed by atoms with van der Waals surface area (Å²) in [4.78, 5) is 80.5. The molecule has 0 bridgehead atoms. The van der Waals surface area contributed by atoms with E-state index in [1.165, 1.54) is 0 Å². The lowest BCUT2D eigenvalue weighted by Crippen LogP contribution is -2.58. The Kier molecular flexibility index (Phi) is 20.5. The van der Waals surface area contributed by atoms with Gasteiger partial charge in [0.1, 0.15) is 18.1 Å².